The van der Waals surface area contributed by atoms with Crippen LogP contribution in [0.25, 0.3) is 5.69 Å². The minimum Gasteiger partial charge on any atom is -0.375 e. The highest BCUT2D eigenvalue weighted by Crippen LogP contribution is 2.22. The lowest BCUT2D eigenvalue weighted by Crippen LogP contribution is -2.62. The van der Waals surface area contributed by atoms with E-state index >= 15 is 0 Å². The highest BCUT2D eigenvalue weighted by Gasteiger charge is 2.31. The zero-order valence-corrected chi connectivity index (χ0v) is 14.2. The number of nitrogens with zero attached hydrogens (tertiary/aromatic N) is 3. The van der Waals surface area contributed by atoms with Gasteiger partial charge >= 0.3 is 6.03 Å². The van der Waals surface area contributed by atoms with Gasteiger partial charge in [0.1, 0.15) is 6.61 Å². The van der Waals surface area contributed by atoms with Crippen molar-refractivity contribution in [1.29, 1.82) is 0 Å². The lowest BCUT2D eigenvalue weighted by atomic mass is 10.1. The summed E-state index contributed by atoms with van der Waals surface area (Å²) < 4.78 is 6.55. The summed E-state index contributed by atoms with van der Waals surface area (Å²) in [4.78, 5) is 25.5. The number of benzene rings is 1. The largest absolute Gasteiger partial charge is 0.375 e. The Kier molecular flexibility index (Phi) is 4.99. The molecule has 2 N–H and O–H groups in total. The van der Waals surface area contributed by atoms with Crippen LogP contribution in [0, 0.1) is 6.92 Å². The van der Waals surface area contributed by atoms with Crippen molar-refractivity contribution in [2.75, 3.05) is 32.1 Å². The second-order valence-corrected chi connectivity index (χ2v) is 5.93. The maximum atomic E-state index is 12.4. The molecular weight excluding hydrogens is 322 g/mol. The van der Waals surface area contributed by atoms with Gasteiger partial charge in [-0.25, -0.2) is 9.48 Å². The number of aromatic nitrogens is 2. The summed E-state index contributed by atoms with van der Waals surface area (Å²) in [6.07, 6.45) is 1.72. The van der Waals surface area contributed by atoms with Crippen LogP contribution in [-0.4, -0.2) is 59.5 Å². The van der Waals surface area contributed by atoms with Crippen molar-refractivity contribution in [2.24, 2.45) is 0 Å². The van der Waals surface area contributed by atoms with Gasteiger partial charge in [0.25, 0.3) is 0 Å². The molecule has 8 nitrogen and oxygen atoms in total. The average Bonchev–Trinajstić information content (AvgIpc) is 2.97. The second kappa shape index (κ2) is 7.35. The van der Waals surface area contributed by atoms with Gasteiger partial charge in [0.2, 0.25) is 5.91 Å². The molecule has 0 aliphatic carbocycles. The van der Waals surface area contributed by atoms with E-state index in [1.165, 1.54) is 7.11 Å². The summed E-state index contributed by atoms with van der Waals surface area (Å²) >= 11 is 0. The van der Waals surface area contributed by atoms with Crippen LogP contribution in [0.3, 0.4) is 0 Å². The van der Waals surface area contributed by atoms with Crippen LogP contribution in [0.4, 0.5) is 10.5 Å². The van der Waals surface area contributed by atoms with Crippen molar-refractivity contribution in [1.82, 2.24) is 20.0 Å². The number of methoxy groups -OCH3 is 1. The first-order valence-corrected chi connectivity index (χ1v) is 8.02. The van der Waals surface area contributed by atoms with E-state index in [9.17, 15) is 9.59 Å². The Hall–Kier alpha value is -2.87. The standard InChI is InChI=1S/C17H21N5O3/c1-12-7-8-18-22(12)15-6-4-3-5-14(15)20-17(24)21-9-13(10-21)19-16(23)11-25-2/h3-8,13H,9-11H2,1-2H3,(H,19,23)(H,20,24). The van der Waals surface area contributed by atoms with Crippen LogP contribution in [0.1, 0.15) is 5.69 Å². The van der Waals surface area contributed by atoms with Crippen LogP contribution >= 0.6 is 0 Å². The summed E-state index contributed by atoms with van der Waals surface area (Å²) in [5, 5.41) is 10.0. The predicted molar refractivity (Wildman–Crippen MR) is 92.7 cm³/mol. The van der Waals surface area contributed by atoms with Crippen molar-refractivity contribution in [3.63, 3.8) is 0 Å². The van der Waals surface area contributed by atoms with Gasteiger partial charge in [-0.15, -0.1) is 0 Å². The Morgan fingerprint density at radius 1 is 1.28 bits per heavy atom. The van der Waals surface area contributed by atoms with Crippen LogP contribution in [0.5, 0.6) is 0 Å². The summed E-state index contributed by atoms with van der Waals surface area (Å²) in [5.74, 6) is -0.174. The molecule has 2 aromatic rings. The van der Waals surface area contributed by atoms with Crippen molar-refractivity contribution < 1.29 is 14.3 Å². The Labute approximate surface area is 145 Å². The maximum Gasteiger partial charge on any atom is 0.322 e. The van der Waals surface area contributed by atoms with Crippen molar-refractivity contribution in [3.05, 3.63) is 42.2 Å². The number of nitrogens with one attached hydrogen (secondary N) is 2. The fraction of sp³-hybridized carbons (Fsp3) is 0.353. The van der Waals surface area contributed by atoms with Crippen molar-refractivity contribution >= 4 is 17.6 Å². The van der Waals surface area contributed by atoms with E-state index < -0.39 is 0 Å². The Morgan fingerprint density at radius 2 is 2.04 bits per heavy atom. The van der Waals surface area contributed by atoms with Gasteiger partial charge < -0.3 is 20.3 Å². The number of rotatable bonds is 5. The molecule has 0 radical (unpaired) electrons. The number of anilines is 1. The molecule has 25 heavy (non-hydrogen) atoms. The number of aryl methyl sites for hydroxylation is 1. The number of ether oxygens (including phenoxy) is 1. The molecule has 1 saturated heterocycles. The molecule has 0 spiro atoms. The fourth-order valence-electron chi connectivity index (χ4n) is 2.72. The van der Waals surface area contributed by atoms with E-state index in [4.69, 9.17) is 4.74 Å². The van der Waals surface area contributed by atoms with Crippen LogP contribution in [-0.2, 0) is 9.53 Å². The molecule has 3 amide bonds. The number of amides is 3. The summed E-state index contributed by atoms with van der Waals surface area (Å²) in [5.41, 5.74) is 2.47. The molecule has 1 aromatic carbocycles. The van der Waals surface area contributed by atoms with E-state index in [2.05, 4.69) is 15.7 Å². The van der Waals surface area contributed by atoms with E-state index in [1.807, 2.05) is 37.3 Å². The van der Waals surface area contributed by atoms with Gasteiger partial charge in [-0.05, 0) is 25.1 Å². The predicted octanol–water partition coefficient (Wildman–Crippen LogP) is 1.16. The van der Waals surface area contributed by atoms with Crippen molar-refractivity contribution in [3.8, 4) is 5.69 Å². The molecule has 0 saturated carbocycles. The SMILES string of the molecule is COCC(=O)NC1CN(C(=O)Nc2ccccc2-n2nccc2C)C1. The fourth-order valence-corrected chi connectivity index (χ4v) is 2.72. The third kappa shape index (κ3) is 3.80. The van der Waals surface area contributed by atoms with Gasteiger partial charge in [-0.2, -0.15) is 5.10 Å². The minimum atomic E-state index is -0.200. The summed E-state index contributed by atoms with van der Waals surface area (Å²) in [7, 11) is 1.47. The Balaban J connectivity index is 1.60. The number of para-hydroxylation sites is 2. The zero-order chi connectivity index (χ0) is 17.8. The lowest BCUT2D eigenvalue weighted by Gasteiger charge is -2.39. The number of urea groups is 1. The lowest BCUT2D eigenvalue weighted by molar-refractivity contribution is -0.126. The number of hydrogen-bond acceptors (Lipinski definition) is 4. The van der Waals surface area contributed by atoms with Gasteiger partial charge in [-0.3, -0.25) is 4.79 Å². The quantitative estimate of drug-likeness (QED) is 0.853. The highest BCUT2D eigenvalue weighted by molar-refractivity contribution is 5.92. The third-order valence-electron chi connectivity index (χ3n) is 4.02. The molecule has 0 atom stereocenters. The topological polar surface area (TPSA) is 88.5 Å². The maximum absolute atomic E-state index is 12.4. The third-order valence-corrected chi connectivity index (χ3v) is 4.02. The molecule has 0 unspecified atom stereocenters. The van der Waals surface area contributed by atoms with Crippen LogP contribution in [0.2, 0.25) is 0 Å². The average molecular weight is 343 g/mol. The molecule has 1 aliphatic heterocycles. The monoisotopic (exact) mass is 343 g/mol. The van der Waals surface area contributed by atoms with E-state index in [-0.39, 0.29) is 24.6 Å². The first kappa shape index (κ1) is 17.0. The number of carbonyl (C=O) groups excluding carboxylic acids is 2. The minimum absolute atomic E-state index is 0.0271. The first-order chi connectivity index (χ1) is 12.1. The highest BCUT2D eigenvalue weighted by atomic mass is 16.5. The Morgan fingerprint density at radius 3 is 2.72 bits per heavy atom. The van der Waals surface area contributed by atoms with Gasteiger partial charge in [0, 0.05) is 32.1 Å². The van der Waals surface area contributed by atoms with Gasteiger partial charge in [-0.1, -0.05) is 12.1 Å². The molecule has 1 fully saturated rings. The van der Waals surface area contributed by atoms with Crippen molar-refractivity contribution in [2.45, 2.75) is 13.0 Å². The molecule has 132 valence electrons. The summed E-state index contributed by atoms with van der Waals surface area (Å²) in [6, 6.07) is 9.18. The molecule has 8 heteroatoms. The van der Waals surface area contributed by atoms with E-state index in [1.54, 1.807) is 15.8 Å². The molecule has 1 aliphatic rings. The molecule has 1 aromatic heterocycles. The first-order valence-electron chi connectivity index (χ1n) is 8.02. The van der Waals surface area contributed by atoms with Crippen LogP contribution < -0.4 is 10.6 Å². The second-order valence-electron chi connectivity index (χ2n) is 5.93. The molecule has 0 bridgehead atoms. The Bertz CT molecular complexity index is 767. The van der Waals surface area contributed by atoms with Gasteiger partial charge in [0.15, 0.2) is 0 Å². The number of likely N-dealkylation sites (tertiary alicyclic amines) is 1. The number of carbonyl (C=O) groups is 2. The molecule has 2 heterocycles. The molecule has 3 rings (SSSR count). The van der Waals surface area contributed by atoms with Crippen LogP contribution in [0.15, 0.2) is 36.5 Å². The number of hydrogen-bond donors (Lipinski definition) is 2. The smallest absolute Gasteiger partial charge is 0.322 e. The van der Waals surface area contributed by atoms with E-state index in [0.717, 1.165) is 11.4 Å². The molecular formula is C17H21N5O3. The zero-order valence-electron chi connectivity index (χ0n) is 14.2. The van der Waals surface area contributed by atoms with Gasteiger partial charge in [0.05, 0.1) is 17.4 Å². The van der Waals surface area contributed by atoms with E-state index in [0.29, 0.717) is 18.8 Å². The summed E-state index contributed by atoms with van der Waals surface area (Å²) in [6.45, 7) is 2.93. The normalized spacial score (nSPS) is 14.1.